The van der Waals surface area contributed by atoms with Crippen molar-refractivity contribution in [3.63, 3.8) is 0 Å². The molecule has 0 unspecified atom stereocenters. The summed E-state index contributed by atoms with van der Waals surface area (Å²) < 4.78 is 71.3. The number of esters is 1. The van der Waals surface area contributed by atoms with E-state index in [-0.39, 0.29) is 12.6 Å². The predicted molar refractivity (Wildman–Crippen MR) is 238 cm³/mol. The van der Waals surface area contributed by atoms with Crippen molar-refractivity contribution in [2.45, 2.75) is 96.8 Å². The van der Waals surface area contributed by atoms with Crippen molar-refractivity contribution < 1.29 is 71.2 Å². The van der Waals surface area contributed by atoms with E-state index in [0.717, 1.165) is 19.1 Å². The summed E-state index contributed by atoms with van der Waals surface area (Å²) >= 11 is 0. The van der Waals surface area contributed by atoms with Crippen LogP contribution in [0.4, 0.5) is 0 Å². The number of ether oxygens (including phenoxy) is 13. The third kappa shape index (κ3) is 44.3. The van der Waals surface area contributed by atoms with Gasteiger partial charge in [0.15, 0.2) is 0 Å². The van der Waals surface area contributed by atoms with Gasteiger partial charge in [0.2, 0.25) is 0 Å². The van der Waals surface area contributed by atoms with Gasteiger partial charge in [-0.1, -0.05) is 84.0 Å². The smallest absolute Gasteiger partial charge is 0.305 e. The van der Waals surface area contributed by atoms with Crippen LogP contribution in [-0.2, 0) is 61.6 Å². The zero-order valence-electron chi connectivity index (χ0n) is 38.4. The summed E-state index contributed by atoms with van der Waals surface area (Å²) in [6.45, 7) is 13.5. The molecule has 362 valence electrons. The van der Waals surface area contributed by atoms with Gasteiger partial charge in [0.1, 0.15) is 25.2 Å². The normalized spacial score (nSPS) is 11.4. The molecule has 0 aliphatic rings. The highest BCUT2D eigenvalue weighted by Crippen LogP contribution is 2.13. The van der Waals surface area contributed by atoms with E-state index in [9.17, 15) is 9.59 Å². The highest BCUT2D eigenvalue weighted by Gasteiger charge is 2.03. The lowest BCUT2D eigenvalue weighted by Gasteiger charge is -2.09. The van der Waals surface area contributed by atoms with E-state index in [2.05, 4.69) is 6.92 Å². The third-order valence-corrected chi connectivity index (χ3v) is 9.21. The Hall–Kier alpha value is -2.28. The second-order valence-corrected chi connectivity index (χ2v) is 14.5. The predicted octanol–water partition coefficient (Wildman–Crippen LogP) is 7.09. The molecule has 0 amide bonds. The maximum atomic E-state index is 11.9. The van der Waals surface area contributed by atoms with Crippen molar-refractivity contribution in [1.29, 1.82) is 0 Å². The lowest BCUT2D eigenvalue weighted by molar-refractivity contribution is -0.145. The highest BCUT2D eigenvalue weighted by molar-refractivity contribution is 5.74. The molecular formula is C47H84O15. The Morgan fingerprint density at radius 3 is 0.952 bits per heavy atom. The van der Waals surface area contributed by atoms with Crippen LogP contribution in [0.15, 0.2) is 24.3 Å². The second kappa shape index (κ2) is 49.7. The number of benzene rings is 1. The van der Waals surface area contributed by atoms with Crippen molar-refractivity contribution in [3.8, 4) is 5.75 Å². The number of carbonyl (C=O) groups excluding carboxylic acids is 2. The molecule has 0 aliphatic carbocycles. The zero-order valence-corrected chi connectivity index (χ0v) is 38.4. The second-order valence-electron chi connectivity index (χ2n) is 14.5. The number of hydrogen-bond donors (Lipinski definition) is 0. The van der Waals surface area contributed by atoms with Crippen LogP contribution >= 0.6 is 0 Å². The Bertz CT molecular complexity index is 1050. The summed E-state index contributed by atoms with van der Waals surface area (Å²) in [5.74, 6) is 0.565. The first-order valence-corrected chi connectivity index (χ1v) is 23.4. The highest BCUT2D eigenvalue weighted by atomic mass is 16.6. The minimum atomic E-state index is -0.136. The summed E-state index contributed by atoms with van der Waals surface area (Å²) in [5, 5.41) is 0. The Balaban J connectivity index is 1.63. The van der Waals surface area contributed by atoms with E-state index >= 15 is 0 Å². The van der Waals surface area contributed by atoms with Gasteiger partial charge in [-0.15, -0.1) is 0 Å². The van der Waals surface area contributed by atoms with E-state index in [1.54, 1.807) is 24.3 Å². The van der Waals surface area contributed by atoms with Crippen molar-refractivity contribution in [3.05, 3.63) is 29.8 Å². The first-order chi connectivity index (χ1) is 30.8. The maximum absolute atomic E-state index is 11.9. The minimum absolute atomic E-state index is 0.136. The first-order valence-electron chi connectivity index (χ1n) is 23.4. The number of rotatable bonds is 52. The molecule has 1 aromatic rings. The number of aldehydes is 1. The average molecular weight is 889 g/mol. The molecule has 1 aromatic carbocycles. The molecule has 0 radical (unpaired) electrons. The van der Waals surface area contributed by atoms with Gasteiger partial charge in [-0.2, -0.15) is 0 Å². The van der Waals surface area contributed by atoms with Crippen LogP contribution in [0.2, 0.25) is 0 Å². The Labute approximate surface area is 373 Å². The van der Waals surface area contributed by atoms with Crippen LogP contribution in [0.5, 0.6) is 5.75 Å². The van der Waals surface area contributed by atoms with Crippen molar-refractivity contribution >= 4 is 12.3 Å². The largest absolute Gasteiger partial charge is 0.491 e. The molecule has 0 aromatic heterocycles. The van der Waals surface area contributed by atoms with Crippen LogP contribution < -0.4 is 4.74 Å². The molecule has 15 nitrogen and oxygen atoms in total. The summed E-state index contributed by atoms with van der Waals surface area (Å²) in [5.41, 5.74) is 0.616. The molecule has 0 saturated carbocycles. The molecule has 0 saturated heterocycles. The van der Waals surface area contributed by atoms with Gasteiger partial charge in [-0.25, -0.2) is 0 Å². The maximum Gasteiger partial charge on any atom is 0.305 e. The van der Waals surface area contributed by atoms with Crippen molar-refractivity contribution in [2.24, 2.45) is 0 Å². The van der Waals surface area contributed by atoms with Gasteiger partial charge in [0.25, 0.3) is 0 Å². The zero-order chi connectivity index (χ0) is 44.3. The van der Waals surface area contributed by atoms with Gasteiger partial charge in [-0.05, 0) is 30.7 Å². The fraction of sp³-hybridized carbons (Fsp3) is 0.830. The topological polar surface area (TPSA) is 154 Å². The SMILES string of the molecule is CCCCCCCCCCCCCCCC(=O)OCCOCCOCCOCCOCCOCCOCCOCCOCCOCCOCCOCCOc1ccc(C=O)cc1. The molecule has 0 N–H and O–H groups in total. The van der Waals surface area contributed by atoms with Crippen LogP contribution in [0.3, 0.4) is 0 Å². The van der Waals surface area contributed by atoms with E-state index in [4.69, 9.17) is 61.6 Å². The fourth-order valence-electron chi connectivity index (χ4n) is 5.74. The van der Waals surface area contributed by atoms with E-state index in [1.807, 2.05) is 0 Å². The van der Waals surface area contributed by atoms with E-state index in [1.165, 1.54) is 70.6 Å². The average Bonchev–Trinajstić information content (AvgIpc) is 3.29. The Morgan fingerprint density at radius 1 is 0.371 bits per heavy atom. The Morgan fingerprint density at radius 2 is 0.645 bits per heavy atom. The minimum Gasteiger partial charge on any atom is -0.491 e. The monoisotopic (exact) mass is 889 g/mol. The van der Waals surface area contributed by atoms with Crippen LogP contribution in [-0.4, -0.2) is 171 Å². The molecule has 0 fully saturated rings. The molecule has 0 spiro atoms. The molecule has 0 aliphatic heterocycles. The van der Waals surface area contributed by atoms with Gasteiger partial charge in [-0.3, -0.25) is 9.59 Å². The van der Waals surface area contributed by atoms with Gasteiger partial charge in [0.05, 0.1) is 145 Å². The van der Waals surface area contributed by atoms with Crippen LogP contribution in [0, 0.1) is 0 Å². The lowest BCUT2D eigenvalue weighted by atomic mass is 10.0. The molecule has 62 heavy (non-hydrogen) atoms. The fourth-order valence-corrected chi connectivity index (χ4v) is 5.74. The molecule has 15 heteroatoms. The van der Waals surface area contributed by atoms with Gasteiger partial charge < -0.3 is 61.6 Å². The number of carbonyl (C=O) groups is 2. The van der Waals surface area contributed by atoms with Crippen molar-refractivity contribution in [1.82, 2.24) is 0 Å². The quantitative estimate of drug-likeness (QED) is 0.0371. The van der Waals surface area contributed by atoms with Crippen LogP contribution in [0.1, 0.15) is 107 Å². The van der Waals surface area contributed by atoms with Crippen LogP contribution in [0.25, 0.3) is 0 Å². The summed E-state index contributed by atoms with van der Waals surface area (Å²) in [6, 6.07) is 6.93. The standard InChI is InChI=1S/C47H84O15/c1-2-3-4-5-6-7-8-9-10-11-12-13-14-15-47(49)62-43-41-60-39-37-58-35-33-56-31-29-54-27-25-52-23-21-50-20-22-51-24-26-53-28-30-55-32-34-57-36-38-59-40-42-61-46-18-16-45(44-48)17-19-46/h16-19,44H,2-15,20-43H2,1H3. The van der Waals surface area contributed by atoms with E-state index < -0.39 is 0 Å². The third-order valence-electron chi connectivity index (χ3n) is 9.21. The van der Waals surface area contributed by atoms with Gasteiger partial charge in [0, 0.05) is 12.0 Å². The lowest BCUT2D eigenvalue weighted by Crippen LogP contribution is -2.16. The van der Waals surface area contributed by atoms with Gasteiger partial charge >= 0.3 is 5.97 Å². The van der Waals surface area contributed by atoms with Crippen molar-refractivity contribution in [2.75, 3.05) is 159 Å². The Kier molecular flexibility index (Phi) is 46.3. The van der Waals surface area contributed by atoms with E-state index in [0.29, 0.717) is 170 Å². The first kappa shape index (κ1) is 57.7. The molecular weight excluding hydrogens is 805 g/mol. The summed E-state index contributed by atoms with van der Waals surface area (Å²) in [6.07, 6.45) is 18.1. The number of hydrogen-bond acceptors (Lipinski definition) is 15. The molecule has 0 heterocycles. The molecule has 0 bridgehead atoms. The molecule has 1 rings (SSSR count). The summed E-state index contributed by atoms with van der Waals surface area (Å²) in [4.78, 5) is 22.6. The molecule has 0 atom stereocenters. The number of unbranched alkanes of at least 4 members (excludes halogenated alkanes) is 12. The summed E-state index contributed by atoms with van der Waals surface area (Å²) in [7, 11) is 0.